The lowest BCUT2D eigenvalue weighted by Crippen LogP contribution is -2.25. The van der Waals surface area contributed by atoms with Gasteiger partial charge in [0.1, 0.15) is 6.33 Å². The molecule has 0 amide bonds. The van der Waals surface area contributed by atoms with Crippen molar-refractivity contribution in [3.05, 3.63) is 17.8 Å². The van der Waals surface area contributed by atoms with Gasteiger partial charge < -0.3 is 9.80 Å². The molecule has 0 atom stereocenters. The number of rotatable bonds is 6. The van der Waals surface area contributed by atoms with E-state index in [9.17, 15) is 4.39 Å². The van der Waals surface area contributed by atoms with Crippen LogP contribution in [0.1, 0.15) is 19.0 Å². The zero-order valence-electron chi connectivity index (χ0n) is 11.1. The van der Waals surface area contributed by atoms with Gasteiger partial charge in [0, 0.05) is 13.6 Å². The van der Waals surface area contributed by atoms with Crippen molar-refractivity contribution in [3.63, 3.8) is 0 Å². The van der Waals surface area contributed by atoms with Gasteiger partial charge in [0.15, 0.2) is 11.6 Å². The number of halogens is 1. The Morgan fingerprint density at radius 2 is 1.88 bits per heavy atom. The molecule has 0 N–H and O–H groups in total. The summed E-state index contributed by atoms with van der Waals surface area (Å²) < 4.78 is 13.9. The predicted molar refractivity (Wildman–Crippen MR) is 67.8 cm³/mol. The number of anilines is 1. The molecule has 96 valence electrons. The summed E-state index contributed by atoms with van der Waals surface area (Å²) in [6.07, 6.45) is 3.00. The van der Waals surface area contributed by atoms with Gasteiger partial charge >= 0.3 is 0 Å². The first-order valence-electron chi connectivity index (χ1n) is 5.91. The standard InChI is InChI=1S/C12H21FN4/c1-5-10-11(13)12(15-9-14-10)17(4)8-6-7-16(2)3/h9H,5-8H2,1-4H3. The molecule has 4 nitrogen and oxygen atoms in total. The van der Waals surface area contributed by atoms with E-state index < -0.39 is 0 Å². The maximum atomic E-state index is 13.9. The highest BCUT2D eigenvalue weighted by atomic mass is 19.1. The molecule has 1 aromatic heterocycles. The minimum absolute atomic E-state index is 0.289. The number of aromatic nitrogens is 2. The molecule has 0 aliphatic rings. The molecule has 0 bridgehead atoms. The Bertz CT molecular complexity index is 354. The molecule has 0 spiro atoms. The minimum Gasteiger partial charge on any atom is -0.357 e. The second-order valence-corrected chi connectivity index (χ2v) is 4.39. The predicted octanol–water partition coefficient (Wildman–Crippen LogP) is 1.57. The molecule has 17 heavy (non-hydrogen) atoms. The Balaban J connectivity index is 2.65. The van der Waals surface area contributed by atoms with Gasteiger partial charge in [-0.2, -0.15) is 0 Å². The van der Waals surface area contributed by atoms with Crippen LogP contribution in [-0.2, 0) is 6.42 Å². The van der Waals surface area contributed by atoms with Crippen molar-refractivity contribution in [2.24, 2.45) is 0 Å². The molecule has 0 aromatic carbocycles. The average Bonchev–Trinajstić information content (AvgIpc) is 2.28. The molecule has 0 aliphatic carbocycles. The molecular weight excluding hydrogens is 219 g/mol. The van der Waals surface area contributed by atoms with Crippen molar-refractivity contribution in [3.8, 4) is 0 Å². The Labute approximate surface area is 102 Å². The van der Waals surface area contributed by atoms with E-state index in [4.69, 9.17) is 0 Å². The SMILES string of the molecule is CCc1ncnc(N(C)CCCN(C)C)c1F. The van der Waals surface area contributed by atoms with Crippen LogP contribution in [0, 0.1) is 5.82 Å². The lowest BCUT2D eigenvalue weighted by molar-refractivity contribution is 0.401. The maximum Gasteiger partial charge on any atom is 0.187 e. The molecule has 1 heterocycles. The Morgan fingerprint density at radius 3 is 2.47 bits per heavy atom. The number of aryl methyl sites for hydroxylation is 1. The highest BCUT2D eigenvalue weighted by Crippen LogP contribution is 2.16. The van der Waals surface area contributed by atoms with Crippen LogP contribution in [0.3, 0.4) is 0 Å². The van der Waals surface area contributed by atoms with Crippen molar-refractivity contribution < 1.29 is 4.39 Å². The van der Waals surface area contributed by atoms with Gasteiger partial charge in [-0.05, 0) is 33.5 Å². The molecule has 1 rings (SSSR count). The minimum atomic E-state index is -0.289. The van der Waals surface area contributed by atoms with E-state index >= 15 is 0 Å². The van der Waals surface area contributed by atoms with E-state index in [2.05, 4.69) is 14.9 Å². The van der Waals surface area contributed by atoms with Crippen LogP contribution in [0.25, 0.3) is 0 Å². The third kappa shape index (κ3) is 3.93. The first kappa shape index (κ1) is 13.8. The summed E-state index contributed by atoms with van der Waals surface area (Å²) in [6, 6.07) is 0. The number of hydrogen-bond acceptors (Lipinski definition) is 4. The van der Waals surface area contributed by atoms with Crippen LogP contribution in [0.2, 0.25) is 0 Å². The second-order valence-electron chi connectivity index (χ2n) is 4.39. The van der Waals surface area contributed by atoms with E-state index in [-0.39, 0.29) is 5.82 Å². The van der Waals surface area contributed by atoms with Crippen LogP contribution in [0.5, 0.6) is 0 Å². The fraction of sp³-hybridized carbons (Fsp3) is 0.667. The highest BCUT2D eigenvalue weighted by molar-refractivity contribution is 5.39. The molecule has 0 unspecified atom stereocenters. The van der Waals surface area contributed by atoms with E-state index in [1.54, 1.807) is 0 Å². The van der Waals surface area contributed by atoms with Gasteiger partial charge in [0.25, 0.3) is 0 Å². The lowest BCUT2D eigenvalue weighted by atomic mass is 10.3. The second kappa shape index (κ2) is 6.49. The summed E-state index contributed by atoms with van der Waals surface area (Å²) in [4.78, 5) is 11.9. The normalized spacial score (nSPS) is 10.9. The van der Waals surface area contributed by atoms with E-state index in [1.807, 2.05) is 33.0 Å². The first-order chi connectivity index (χ1) is 8.06. The third-order valence-corrected chi connectivity index (χ3v) is 2.64. The van der Waals surface area contributed by atoms with Gasteiger partial charge in [-0.3, -0.25) is 0 Å². The van der Waals surface area contributed by atoms with Crippen molar-refractivity contribution in [2.45, 2.75) is 19.8 Å². The van der Waals surface area contributed by atoms with Crippen molar-refractivity contribution in [1.29, 1.82) is 0 Å². The topological polar surface area (TPSA) is 32.3 Å². The lowest BCUT2D eigenvalue weighted by Gasteiger charge is -2.20. The summed E-state index contributed by atoms with van der Waals surface area (Å²) in [5.41, 5.74) is 0.481. The molecule has 0 saturated carbocycles. The molecule has 0 aliphatic heterocycles. The molecule has 1 aromatic rings. The molecule has 0 fully saturated rings. The average molecular weight is 240 g/mol. The van der Waals surface area contributed by atoms with Crippen LogP contribution in [-0.4, -0.2) is 49.1 Å². The van der Waals surface area contributed by atoms with Crippen LogP contribution in [0.4, 0.5) is 10.2 Å². The van der Waals surface area contributed by atoms with E-state index in [0.717, 1.165) is 19.5 Å². The molecule has 0 saturated heterocycles. The number of hydrogen-bond donors (Lipinski definition) is 0. The zero-order valence-corrected chi connectivity index (χ0v) is 11.1. The Morgan fingerprint density at radius 1 is 1.18 bits per heavy atom. The third-order valence-electron chi connectivity index (χ3n) is 2.64. The smallest absolute Gasteiger partial charge is 0.187 e. The summed E-state index contributed by atoms with van der Waals surface area (Å²) in [5.74, 6) is 0.109. The van der Waals surface area contributed by atoms with Gasteiger partial charge in [-0.15, -0.1) is 0 Å². The van der Waals surface area contributed by atoms with Crippen molar-refractivity contribution in [2.75, 3.05) is 39.1 Å². The zero-order chi connectivity index (χ0) is 12.8. The maximum absolute atomic E-state index is 13.9. The molecule has 5 heteroatoms. The summed E-state index contributed by atoms with van der Waals surface area (Å²) in [7, 11) is 5.92. The van der Waals surface area contributed by atoms with Crippen LogP contribution >= 0.6 is 0 Å². The Hall–Kier alpha value is -1.23. The van der Waals surface area contributed by atoms with Gasteiger partial charge in [0.05, 0.1) is 5.69 Å². The summed E-state index contributed by atoms with van der Waals surface area (Å²) in [6.45, 7) is 3.66. The van der Waals surface area contributed by atoms with Crippen LogP contribution < -0.4 is 4.90 Å². The van der Waals surface area contributed by atoms with E-state index in [0.29, 0.717) is 17.9 Å². The largest absolute Gasteiger partial charge is 0.357 e. The summed E-state index contributed by atoms with van der Waals surface area (Å²) >= 11 is 0. The van der Waals surface area contributed by atoms with Crippen LogP contribution in [0.15, 0.2) is 6.33 Å². The van der Waals surface area contributed by atoms with Crippen molar-refractivity contribution in [1.82, 2.24) is 14.9 Å². The van der Waals surface area contributed by atoms with Crippen molar-refractivity contribution >= 4 is 5.82 Å². The quantitative estimate of drug-likeness (QED) is 0.755. The van der Waals surface area contributed by atoms with Gasteiger partial charge in [0.2, 0.25) is 0 Å². The first-order valence-corrected chi connectivity index (χ1v) is 5.91. The highest BCUT2D eigenvalue weighted by Gasteiger charge is 2.13. The molecular formula is C12H21FN4. The van der Waals surface area contributed by atoms with Gasteiger partial charge in [-0.25, -0.2) is 14.4 Å². The fourth-order valence-electron chi connectivity index (χ4n) is 1.64. The van der Waals surface area contributed by atoms with Gasteiger partial charge in [-0.1, -0.05) is 6.92 Å². The Kier molecular flexibility index (Phi) is 5.28. The van der Waals surface area contributed by atoms with E-state index in [1.165, 1.54) is 6.33 Å². The molecule has 0 radical (unpaired) electrons. The number of nitrogens with zero attached hydrogens (tertiary/aromatic N) is 4. The monoisotopic (exact) mass is 240 g/mol. The fourth-order valence-corrected chi connectivity index (χ4v) is 1.64. The summed E-state index contributed by atoms with van der Waals surface area (Å²) in [5, 5.41) is 0.